The normalized spacial score (nSPS) is 42.6. The second-order valence-electron chi connectivity index (χ2n) is 5.52. The van der Waals surface area contributed by atoms with Crippen LogP contribution in [0.2, 0.25) is 0 Å². The Hall–Kier alpha value is -0.120. The van der Waals surface area contributed by atoms with Crippen molar-refractivity contribution in [2.75, 3.05) is 27.4 Å². The lowest BCUT2D eigenvalue weighted by Gasteiger charge is -2.43. The van der Waals surface area contributed by atoms with Crippen LogP contribution in [0, 0.1) is 5.92 Å². The molecule has 2 rings (SSSR count). The fourth-order valence-electron chi connectivity index (χ4n) is 3.56. The van der Waals surface area contributed by atoms with Gasteiger partial charge >= 0.3 is 0 Å². The third-order valence-corrected chi connectivity index (χ3v) is 4.18. The Balaban J connectivity index is 2.13. The summed E-state index contributed by atoms with van der Waals surface area (Å²) >= 11 is 0. The Labute approximate surface area is 98.4 Å². The smallest absolute Gasteiger partial charge is 0.0927 e. The molecule has 2 bridgehead atoms. The molecule has 2 saturated heterocycles. The summed E-state index contributed by atoms with van der Waals surface area (Å²) in [6.45, 7) is 3.74. The maximum Gasteiger partial charge on any atom is 0.0927 e. The summed E-state index contributed by atoms with van der Waals surface area (Å²) in [6.07, 6.45) is 5.80. The van der Waals surface area contributed by atoms with Crippen LogP contribution < -0.4 is 0 Å². The number of methoxy groups -OCH3 is 2. The number of hydrogen-bond acceptors (Lipinski definition) is 3. The average molecular weight is 228 g/mol. The lowest BCUT2D eigenvalue weighted by molar-refractivity contribution is -0.193. The molecule has 0 amide bonds. The molecule has 0 aromatic carbocycles. The average Bonchev–Trinajstić information content (AvgIpc) is 2.52. The highest BCUT2D eigenvalue weighted by molar-refractivity contribution is 5.04. The van der Waals surface area contributed by atoms with Gasteiger partial charge in [0.15, 0.2) is 0 Å². The zero-order valence-corrected chi connectivity index (χ0v) is 10.8. The van der Waals surface area contributed by atoms with Crippen LogP contribution in [-0.2, 0) is 14.2 Å². The van der Waals surface area contributed by atoms with Gasteiger partial charge in [0.05, 0.1) is 24.4 Å². The molecule has 0 spiro atoms. The quantitative estimate of drug-likeness (QED) is 0.723. The van der Waals surface area contributed by atoms with Gasteiger partial charge in [-0.3, -0.25) is 0 Å². The van der Waals surface area contributed by atoms with Crippen molar-refractivity contribution in [2.45, 2.75) is 50.2 Å². The highest BCUT2D eigenvalue weighted by Crippen LogP contribution is 2.51. The molecule has 16 heavy (non-hydrogen) atoms. The Bertz CT molecular complexity index is 221. The summed E-state index contributed by atoms with van der Waals surface area (Å²) in [5, 5.41) is 0. The molecule has 2 aliphatic rings. The Kier molecular flexibility index (Phi) is 3.57. The second kappa shape index (κ2) is 4.63. The molecule has 0 aromatic rings. The molecule has 0 aliphatic carbocycles. The SMILES string of the molecule is CC[C@H]1C[C@@]2(COC)CC[C@@](COC)(C1)O2. The second-order valence-corrected chi connectivity index (χ2v) is 5.52. The number of hydrogen-bond donors (Lipinski definition) is 0. The largest absolute Gasteiger partial charge is 0.382 e. The lowest BCUT2D eigenvalue weighted by atomic mass is 9.82. The van der Waals surface area contributed by atoms with E-state index in [4.69, 9.17) is 14.2 Å². The van der Waals surface area contributed by atoms with Crippen molar-refractivity contribution in [3.05, 3.63) is 0 Å². The molecule has 2 heterocycles. The molecule has 94 valence electrons. The molecular formula is C13H24O3. The fourth-order valence-corrected chi connectivity index (χ4v) is 3.56. The van der Waals surface area contributed by atoms with Gasteiger partial charge in [0, 0.05) is 14.2 Å². The third-order valence-electron chi connectivity index (χ3n) is 4.18. The zero-order chi connectivity index (χ0) is 11.6. The summed E-state index contributed by atoms with van der Waals surface area (Å²) in [5.74, 6) is 0.765. The molecule has 3 atom stereocenters. The van der Waals surface area contributed by atoms with Crippen LogP contribution in [0.1, 0.15) is 39.0 Å². The van der Waals surface area contributed by atoms with Crippen molar-refractivity contribution in [2.24, 2.45) is 5.92 Å². The Morgan fingerprint density at radius 2 is 1.56 bits per heavy atom. The topological polar surface area (TPSA) is 27.7 Å². The van der Waals surface area contributed by atoms with Crippen LogP contribution in [0.15, 0.2) is 0 Å². The maximum absolute atomic E-state index is 6.34. The first kappa shape index (κ1) is 12.3. The molecule has 3 heteroatoms. The highest BCUT2D eigenvalue weighted by atomic mass is 16.6. The van der Waals surface area contributed by atoms with Gasteiger partial charge in [-0.1, -0.05) is 13.3 Å². The van der Waals surface area contributed by atoms with Gasteiger partial charge in [0.1, 0.15) is 0 Å². The summed E-state index contributed by atoms with van der Waals surface area (Å²) in [5.41, 5.74) is -0.0432. The van der Waals surface area contributed by atoms with E-state index in [1.54, 1.807) is 14.2 Å². The summed E-state index contributed by atoms with van der Waals surface area (Å²) in [7, 11) is 3.54. The van der Waals surface area contributed by atoms with Crippen molar-refractivity contribution in [3.63, 3.8) is 0 Å². The van der Waals surface area contributed by atoms with E-state index in [2.05, 4.69) is 6.92 Å². The first-order valence-corrected chi connectivity index (χ1v) is 6.36. The minimum atomic E-state index is -0.0216. The van der Waals surface area contributed by atoms with Crippen LogP contribution in [-0.4, -0.2) is 38.6 Å². The van der Waals surface area contributed by atoms with E-state index in [1.807, 2.05) is 0 Å². The van der Waals surface area contributed by atoms with Crippen LogP contribution in [0.5, 0.6) is 0 Å². The minimum Gasteiger partial charge on any atom is -0.382 e. The van der Waals surface area contributed by atoms with Crippen molar-refractivity contribution < 1.29 is 14.2 Å². The fraction of sp³-hybridized carbons (Fsp3) is 1.00. The van der Waals surface area contributed by atoms with Gasteiger partial charge in [-0.2, -0.15) is 0 Å². The zero-order valence-electron chi connectivity index (χ0n) is 10.8. The van der Waals surface area contributed by atoms with Gasteiger partial charge in [0.2, 0.25) is 0 Å². The summed E-state index contributed by atoms with van der Waals surface area (Å²) in [6, 6.07) is 0. The van der Waals surface area contributed by atoms with E-state index in [1.165, 1.54) is 6.42 Å². The van der Waals surface area contributed by atoms with Gasteiger partial charge < -0.3 is 14.2 Å². The predicted octanol–water partition coefficient (Wildman–Crippen LogP) is 2.39. The van der Waals surface area contributed by atoms with E-state index in [-0.39, 0.29) is 11.2 Å². The van der Waals surface area contributed by atoms with Crippen molar-refractivity contribution >= 4 is 0 Å². The van der Waals surface area contributed by atoms with Gasteiger partial charge in [-0.05, 0) is 31.6 Å². The minimum absolute atomic E-state index is 0.0216. The van der Waals surface area contributed by atoms with Crippen LogP contribution in [0.3, 0.4) is 0 Å². The third kappa shape index (κ3) is 2.13. The standard InChI is InChI=1S/C13H24O3/c1-4-11-7-12(9-14-2)5-6-13(8-11,16-12)10-15-3/h11H,4-10H2,1-3H3/t11-,12+,13-. The van der Waals surface area contributed by atoms with Crippen molar-refractivity contribution in [1.29, 1.82) is 0 Å². The lowest BCUT2D eigenvalue weighted by Crippen LogP contribution is -2.48. The molecule has 0 unspecified atom stereocenters. The van der Waals surface area contributed by atoms with Gasteiger partial charge in [-0.15, -0.1) is 0 Å². The molecule has 0 saturated carbocycles. The van der Waals surface area contributed by atoms with E-state index >= 15 is 0 Å². The van der Waals surface area contributed by atoms with E-state index < -0.39 is 0 Å². The predicted molar refractivity (Wildman–Crippen MR) is 62.5 cm³/mol. The van der Waals surface area contributed by atoms with Crippen molar-refractivity contribution in [1.82, 2.24) is 0 Å². The number of ether oxygens (including phenoxy) is 3. The number of rotatable bonds is 5. The molecule has 3 nitrogen and oxygen atoms in total. The number of fused-ring (bicyclic) bond motifs is 2. The maximum atomic E-state index is 6.34. The molecule has 2 fully saturated rings. The first-order chi connectivity index (χ1) is 7.67. The Morgan fingerprint density at radius 3 is 1.94 bits per heavy atom. The first-order valence-electron chi connectivity index (χ1n) is 6.36. The van der Waals surface area contributed by atoms with Crippen LogP contribution in [0.25, 0.3) is 0 Å². The van der Waals surface area contributed by atoms with E-state index in [0.29, 0.717) is 0 Å². The Morgan fingerprint density at radius 1 is 1.06 bits per heavy atom. The van der Waals surface area contributed by atoms with Crippen molar-refractivity contribution in [3.8, 4) is 0 Å². The molecule has 2 aliphatic heterocycles. The molecule has 0 aromatic heterocycles. The van der Waals surface area contributed by atoms with Crippen LogP contribution in [0.4, 0.5) is 0 Å². The molecule has 0 radical (unpaired) electrons. The summed E-state index contributed by atoms with van der Waals surface area (Å²) in [4.78, 5) is 0. The molecular weight excluding hydrogens is 204 g/mol. The van der Waals surface area contributed by atoms with Gasteiger partial charge in [0.25, 0.3) is 0 Å². The summed E-state index contributed by atoms with van der Waals surface area (Å²) < 4.78 is 17.0. The van der Waals surface area contributed by atoms with E-state index in [9.17, 15) is 0 Å². The van der Waals surface area contributed by atoms with E-state index in [0.717, 1.165) is 44.8 Å². The van der Waals surface area contributed by atoms with Crippen LogP contribution >= 0.6 is 0 Å². The molecule has 0 N–H and O–H groups in total. The monoisotopic (exact) mass is 228 g/mol. The van der Waals surface area contributed by atoms with Gasteiger partial charge in [-0.25, -0.2) is 0 Å². The highest BCUT2D eigenvalue weighted by Gasteiger charge is 2.54.